The zero-order valence-corrected chi connectivity index (χ0v) is 12.6. The van der Waals surface area contributed by atoms with E-state index in [0.29, 0.717) is 5.92 Å². The first-order valence-corrected chi connectivity index (χ1v) is 6.32. The number of ketones is 2. The molecule has 0 saturated carbocycles. The van der Waals surface area contributed by atoms with E-state index in [1.165, 1.54) is 5.57 Å². The molecule has 0 aliphatic heterocycles. The van der Waals surface area contributed by atoms with Crippen molar-refractivity contribution < 1.29 is 9.59 Å². The summed E-state index contributed by atoms with van der Waals surface area (Å²) in [5, 5.41) is 0. The first-order chi connectivity index (χ1) is 7.59. The van der Waals surface area contributed by atoms with E-state index in [4.69, 9.17) is 0 Å². The van der Waals surface area contributed by atoms with E-state index in [0.717, 1.165) is 0 Å². The Bertz CT molecular complexity index is 271. The van der Waals surface area contributed by atoms with Gasteiger partial charge in [-0.3, -0.25) is 9.59 Å². The van der Waals surface area contributed by atoms with Crippen LogP contribution in [0, 0.1) is 17.8 Å². The number of allylic oxidation sites excluding steroid dienone is 2. The Balaban J connectivity index is 0. The molecule has 0 rings (SSSR count). The number of rotatable bonds is 4. The SMILES string of the molecule is C/C(=C\C(=O)C(C)C)C(C)C.CC(=O)C(C)C. The van der Waals surface area contributed by atoms with Crippen LogP contribution in [0.15, 0.2) is 11.6 Å². The fraction of sp³-hybridized carbons (Fsp3) is 0.733. The van der Waals surface area contributed by atoms with Gasteiger partial charge < -0.3 is 0 Å². The molecule has 0 heterocycles. The summed E-state index contributed by atoms with van der Waals surface area (Å²) in [7, 11) is 0. The van der Waals surface area contributed by atoms with Crippen LogP contribution in [0.5, 0.6) is 0 Å². The normalized spacial score (nSPS) is 11.6. The maximum absolute atomic E-state index is 11.2. The molecule has 0 aliphatic rings. The van der Waals surface area contributed by atoms with Crippen molar-refractivity contribution in [2.75, 3.05) is 0 Å². The molecule has 0 aromatic heterocycles. The largest absolute Gasteiger partial charge is 0.300 e. The number of hydrogen-bond donors (Lipinski definition) is 0. The standard InChI is InChI=1S/C10H18O.C5H10O/c1-7(2)9(5)6-10(11)8(3)4;1-4(2)5(3)6/h6-8H,1-5H3;4H,1-3H3/b9-6+;. The molecule has 0 amide bonds. The number of hydrogen-bond acceptors (Lipinski definition) is 2. The third kappa shape index (κ3) is 11.3. The van der Waals surface area contributed by atoms with Crippen molar-refractivity contribution >= 4 is 11.6 Å². The summed E-state index contributed by atoms with van der Waals surface area (Å²) in [4.78, 5) is 21.3. The van der Waals surface area contributed by atoms with Crippen LogP contribution in [0.3, 0.4) is 0 Å². The van der Waals surface area contributed by atoms with Gasteiger partial charge in [0.25, 0.3) is 0 Å². The lowest BCUT2D eigenvalue weighted by Gasteiger charge is -2.05. The van der Waals surface area contributed by atoms with Gasteiger partial charge in [-0.05, 0) is 25.8 Å². The summed E-state index contributed by atoms with van der Waals surface area (Å²) in [5.74, 6) is 1.32. The average Bonchev–Trinajstić information content (AvgIpc) is 2.17. The van der Waals surface area contributed by atoms with E-state index in [2.05, 4.69) is 13.8 Å². The fourth-order valence-corrected chi connectivity index (χ4v) is 0.558. The highest BCUT2D eigenvalue weighted by Crippen LogP contribution is 2.09. The minimum absolute atomic E-state index is 0.128. The van der Waals surface area contributed by atoms with Crippen LogP contribution < -0.4 is 0 Å². The van der Waals surface area contributed by atoms with Crippen molar-refractivity contribution in [1.82, 2.24) is 0 Å². The zero-order chi connectivity index (χ0) is 14.2. The van der Waals surface area contributed by atoms with Crippen LogP contribution in [-0.4, -0.2) is 11.6 Å². The van der Waals surface area contributed by atoms with Crippen molar-refractivity contribution in [3.05, 3.63) is 11.6 Å². The molecular weight excluding hydrogens is 212 g/mol. The first kappa shape index (κ1) is 18.4. The lowest BCUT2D eigenvalue weighted by atomic mass is 10.0. The van der Waals surface area contributed by atoms with Crippen molar-refractivity contribution in [2.24, 2.45) is 17.8 Å². The average molecular weight is 240 g/mol. The molecule has 2 heteroatoms. The quantitative estimate of drug-likeness (QED) is 0.695. The summed E-state index contributed by atoms with van der Waals surface area (Å²) in [6.07, 6.45) is 1.76. The van der Waals surface area contributed by atoms with Gasteiger partial charge in [0.15, 0.2) is 5.78 Å². The van der Waals surface area contributed by atoms with Gasteiger partial charge in [-0.2, -0.15) is 0 Å². The Hall–Kier alpha value is -0.920. The molecule has 0 N–H and O–H groups in total. The molecule has 0 atom stereocenters. The zero-order valence-electron chi connectivity index (χ0n) is 12.6. The Kier molecular flexibility index (Phi) is 9.92. The second kappa shape index (κ2) is 9.15. The molecule has 0 fully saturated rings. The van der Waals surface area contributed by atoms with E-state index in [9.17, 15) is 9.59 Å². The van der Waals surface area contributed by atoms with Gasteiger partial charge in [-0.15, -0.1) is 0 Å². The number of carbonyl (C=O) groups excluding carboxylic acids is 2. The third-order valence-corrected chi connectivity index (χ3v) is 2.66. The highest BCUT2D eigenvalue weighted by atomic mass is 16.1. The highest BCUT2D eigenvalue weighted by molar-refractivity contribution is 5.91. The van der Waals surface area contributed by atoms with Crippen LogP contribution in [0.4, 0.5) is 0 Å². The molecule has 0 aromatic rings. The molecular formula is C15H28O2. The van der Waals surface area contributed by atoms with Crippen LogP contribution in [-0.2, 0) is 9.59 Å². The lowest BCUT2D eigenvalue weighted by Crippen LogP contribution is -2.04. The Morgan fingerprint density at radius 1 is 0.765 bits per heavy atom. The second-order valence-electron chi connectivity index (χ2n) is 5.37. The van der Waals surface area contributed by atoms with Crippen LogP contribution >= 0.6 is 0 Å². The van der Waals surface area contributed by atoms with Gasteiger partial charge in [0.1, 0.15) is 5.78 Å². The minimum Gasteiger partial charge on any atom is -0.300 e. The molecule has 0 radical (unpaired) electrons. The fourth-order valence-electron chi connectivity index (χ4n) is 0.558. The van der Waals surface area contributed by atoms with Crippen LogP contribution in [0.25, 0.3) is 0 Å². The molecule has 100 valence electrons. The molecule has 17 heavy (non-hydrogen) atoms. The number of carbonyl (C=O) groups is 2. The maximum Gasteiger partial charge on any atom is 0.158 e. The first-order valence-electron chi connectivity index (χ1n) is 6.32. The molecule has 0 aromatic carbocycles. The Morgan fingerprint density at radius 3 is 1.29 bits per heavy atom. The Labute approximate surface area is 106 Å². The predicted molar refractivity (Wildman–Crippen MR) is 74.0 cm³/mol. The van der Waals surface area contributed by atoms with Crippen LogP contribution in [0.2, 0.25) is 0 Å². The van der Waals surface area contributed by atoms with Crippen molar-refractivity contribution in [3.8, 4) is 0 Å². The summed E-state index contributed by atoms with van der Waals surface area (Å²) in [5.41, 5.74) is 1.17. The smallest absolute Gasteiger partial charge is 0.158 e. The lowest BCUT2D eigenvalue weighted by molar-refractivity contribution is -0.119. The molecule has 0 aliphatic carbocycles. The van der Waals surface area contributed by atoms with E-state index in [1.54, 1.807) is 13.0 Å². The van der Waals surface area contributed by atoms with Gasteiger partial charge in [-0.25, -0.2) is 0 Å². The summed E-state index contributed by atoms with van der Waals surface area (Å²) < 4.78 is 0. The predicted octanol–water partition coefficient (Wildman–Crippen LogP) is 4.05. The molecule has 0 spiro atoms. The van der Waals surface area contributed by atoms with Crippen molar-refractivity contribution in [3.63, 3.8) is 0 Å². The van der Waals surface area contributed by atoms with Gasteiger partial charge in [0, 0.05) is 11.8 Å². The van der Waals surface area contributed by atoms with Gasteiger partial charge in [-0.1, -0.05) is 47.1 Å². The third-order valence-electron chi connectivity index (χ3n) is 2.66. The van der Waals surface area contributed by atoms with Crippen molar-refractivity contribution in [2.45, 2.75) is 55.4 Å². The summed E-state index contributed by atoms with van der Waals surface area (Å²) in [6.45, 7) is 15.4. The molecule has 0 bridgehead atoms. The molecule has 0 unspecified atom stereocenters. The molecule has 0 saturated heterocycles. The second-order valence-corrected chi connectivity index (χ2v) is 5.37. The van der Waals surface area contributed by atoms with Crippen LogP contribution in [0.1, 0.15) is 55.4 Å². The van der Waals surface area contributed by atoms with Gasteiger partial charge in [0.2, 0.25) is 0 Å². The monoisotopic (exact) mass is 240 g/mol. The van der Waals surface area contributed by atoms with E-state index >= 15 is 0 Å². The number of Topliss-reactive ketones (excluding diaryl/α,β-unsaturated/α-hetero) is 1. The van der Waals surface area contributed by atoms with Gasteiger partial charge >= 0.3 is 0 Å². The molecule has 2 nitrogen and oxygen atoms in total. The summed E-state index contributed by atoms with van der Waals surface area (Å²) in [6, 6.07) is 0. The summed E-state index contributed by atoms with van der Waals surface area (Å²) >= 11 is 0. The van der Waals surface area contributed by atoms with E-state index < -0.39 is 0 Å². The highest BCUT2D eigenvalue weighted by Gasteiger charge is 2.05. The van der Waals surface area contributed by atoms with E-state index in [-0.39, 0.29) is 23.4 Å². The minimum atomic E-state index is 0.128. The van der Waals surface area contributed by atoms with E-state index in [1.807, 2.05) is 34.6 Å². The van der Waals surface area contributed by atoms with Crippen molar-refractivity contribution in [1.29, 1.82) is 0 Å². The van der Waals surface area contributed by atoms with Gasteiger partial charge in [0.05, 0.1) is 0 Å². The maximum atomic E-state index is 11.2. The topological polar surface area (TPSA) is 34.1 Å². The Morgan fingerprint density at radius 2 is 1.12 bits per heavy atom.